The molecule has 1 unspecified atom stereocenters. The number of rotatable bonds is 12. The molecule has 0 spiro atoms. The highest BCUT2D eigenvalue weighted by Gasteiger charge is 2.27. The first-order chi connectivity index (χ1) is 26.4. The molecule has 270 valence electrons. The normalized spacial score (nSPS) is 13.4. The molecular formula is C43H38N6O3S2. The standard InChI is InChI=1S/C43H38N6O3S2/c1-2-38(42(52)48-43-35(24-44)34-20-21-49(27-39(34)54-43)26-28-12-5-3-6-13-28)53-32-17-11-16-31(23-32)46-41(51)37(47-40(50)29-14-7-4-8-15-29)22-30-25-45-36-19-10-9-18-33(30)36/h3-19,22-23,25,38,45H,2,20-21,26-27H2,1H3,(H,46,51)(H,47,50)(H,48,52)/b37-22-. The molecule has 0 saturated carbocycles. The van der Waals surface area contributed by atoms with Crippen molar-refractivity contribution in [2.45, 2.75) is 43.0 Å². The van der Waals surface area contributed by atoms with Crippen LogP contribution in [0.15, 0.2) is 126 Å². The van der Waals surface area contributed by atoms with Crippen LogP contribution in [0.2, 0.25) is 0 Å². The van der Waals surface area contributed by atoms with Crippen LogP contribution in [0.25, 0.3) is 17.0 Å². The Labute approximate surface area is 322 Å². The molecule has 1 aliphatic heterocycles. The number of aromatic amines is 1. The number of anilines is 2. The van der Waals surface area contributed by atoms with Gasteiger partial charge in [-0.3, -0.25) is 19.3 Å². The quantitative estimate of drug-likeness (QED) is 0.0733. The maximum atomic E-state index is 13.8. The predicted octanol–water partition coefficient (Wildman–Crippen LogP) is 8.58. The molecule has 0 saturated heterocycles. The lowest BCUT2D eigenvalue weighted by atomic mass is 10.0. The smallest absolute Gasteiger partial charge is 0.272 e. The zero-order chi connectivity index (χ0) is 37.4. The van der Waals surface area contributed by atoms with Crippen LogP contribution in [0.3, 0.4) is 0 Å². The molecule has 7 rings (SSSR count). The number of carbonyl (C=O) groups excluding carboxylic acids is 3. The van der Waals surface area contributed by atoms with Crippen molar-refractivity contribution in [3.05, 3.63) is 154 Å². The molecule has 1 atom stereocenters. The Morgan fingerprint density at radius 3 is 2.50 bits per heavy atom. The van der Waals surface area contributed by atoms with E-state index in [2.05, 4.69) is 44.0 Å². The molecule has 4 N–H and O–H groups in total. The highest BCUT2D eigenvalue weighted by atomic mass is 32.2. The van der Waals surface area contributed by atoms with Crippen molar-refractivity contribution in [1.82, 2.24) is 15.2 Å². The second-order valence-electron chi connectivity index (χ2n) is 12.9. The van der Waals surface area contributed by atoms with Crippen LogP contribution in [0.1, 0.15) is 50.8 Å². The Bertz CT molecular complexity index is 2380. The van der Waals surface area contributed by atoms with Crippen LogP contribution in [-0.2, 0) is 29.1 Å². The van der Waals surface area contributed by atoms with E-state index >= 15 is 0 Å². The van der Waals surface area contributed by atoms with Crippen LogP contribution in [0, 0.1) is 11.3 Å². The van der Waals surface area contributed by atoms with E-state index in [1.165, 1.54) is 28.7 Å². The van der Waals surface area contributed by atoms with Crippen LogP contribution in [0.5, 0.6) is 0 Å². The van der Waals surface area contributed by atoms with Crippen molar-refractivity contribution in [2.24, 2.45) is 0 Å². The lowest BCUT2D eigenvalue weighted by molar-refractivity contribution is -0.116. The SMILES string of the molecule is CCC(Sc1cccc(NC(=O)/C(=C/c2c[nH]c3ccccc23)NC(=O)c2ccccc2)c1)C(=O)Nc1sc2c(c1C#N)CCN(Cc1ccccc1)C2. The topological polar surface area (TPSA) is 130 Å². The van der Waals surface area contributed by atoms with Crippen molar-refractivity contribution >= 4 is 68.5 Å². The van der Waals surface area contributed by atoms with Gasteiger partial charge in [0.15, 0.2) is 0 Å². The van der Waals surface area contributed by atoms with Crippen molar-refractivity contribution < 1.29 is 14.4 Å². The monoisotopic (exact) mass is 750 g/mol. The van der Waals surface area contributed by atoms with Gasteiger partial charge in [0.05, 0.1) is 10.8 Å². The fourth-order valence-electron chi connectivity index (χ4n) is 6.48. The number of benzene rings is 4. The summed E-state index contributed by atoms with van der Waals surface area (Å²) in [5.74, 6) is -1.08. The summed E-state index contributed by atoms with van der Waals surface area (Å²) in [5.41, 5.74) is 5.50. The second kappa shape index (κ2) is 16.8. The van der Waals surface area contributed by atoms with E-state index in [4.69, 9.17) is 0 Å². The highest BCUT2D eigenvalue weighted by Crippen LogP contribution is 2.38. The van der Waals surface area contributed by atoms with E-state index < -0.39 is 17.1 Å². The average molecular weight is 751 g/mol. The predicted molar refractivity (Wildman–Crippen MR) is 217 cm³/mol. The Hall–Kier alpha value is -5.93. The number of hydrogen-bond donors (Lipinski definition) is 4. The van der Waals surface area contributed by atoms with Crippen molar-refractivity contribution in [2.75, 3.05) is 17.2 Å². The first kappa shape index (κ1) is 36.4. The molecule has 4 aromatic carbocycles. The second-order valence-corrected chi connectivity index (χ2v) is 15.3. The summed E-state index contributed by atoms with van der Waals surface area (Å²) in [4.78, 5) is 48.1. The summed E-state index contributed by atoms with van der Waals surface area (Å²) in [6, 6.07) is 36.4. The molecule has 0 aliphatic carbocycles. The van der Waals surface area contributed by atoms with Gasteiger partial charge in [-0.05, 0) is 66.4 Å². The number of hydrogen-bond acceptors (Lipinski definition) is 7. The van der Waals surface area contributed by atoms with Gasteiger partial charge in [-0.15, -0.1) is 23.1 Å². The minimum absolute atomic E-state index is 0.0765. The van der Waals surface area contributed by atoms with E-state index in [1.54, 1.807) is 42.6 Å². The zero-order valence-corrected chi connectivity index (χ0v) is 31.2. The first-order valence-electron chi connectivity index (χ1n) is 17.7. The summed E-state index contributed by atoms with van der Waals surface area (Å²) in [6.07, 6.45) is 4.76. The molecule has 9 nitrogen and oxygen atoms in total. The van der Waals surface area contributed by atoms with Gasteiger partial charge in [-0.25, -0.2) is 0 Å². The molecule has 2 aromatic heterocycles. The van der Waals surface area contributed by atoms with Crippen LogP contribution >= 0.6 is 23.1 Å². The van der Waals surface area contributed by atoms with Gasteiger partial charge in [0.25, 0.3) is 11.8 Å². The van der Waals surface area contributed by atoms with E-state index in [9.17, 15) is 19.6 Å². The summed E-state index contributed by atoms with van der Waals surface area (Å²) in [6.45, 7) is 4.37. The van der Waals surface area contributed by atoms with Gasteiger partial charge in [0.1, 0.15) is 16.8 Å². The number of nitrogens with one attached hydrogen (secondary N) is 4. The molecule has 6 aromatic rings. The number of nitrogens with zero attached hydrogens (tertiary/aromatic N) is 2. The third-order valence-electron chi connectivity index (χ3n) is 9.22. The highest BCUT2D eigenvalue weighted by molar-refractivity contribution is 8.00. The van der Waals surface area contributed by atoms with Gasteiger partial charge in [0.2, 0.25) is 5.91 Å². The molecule has 11 heteroatoms. The van der Waals surface area contributed by atoms with Gasteiger partial charge >= 0.3 is 0 Å². The Morgan fingerprint density at radius 1 is 0.963 bits per heavy atom. The largest absolute Gasteiger partial charge is 0.361 e. The molecule has 3 amide bonds. The van der Waals surface area contributed by atoms with Crippen LogP contribution in [0.4, 0.5) is 10.7 Å². The van der Waals surface area contributed by atoms with E-state index in [1.807, 2.05) is 73.7 Å². The molecule has 3 heterocycles. The number of thioether (sulfide) groups is 1. The zero-order valence-electron chi connectivity index (χ0n) is 29.6. The van der Waals surface area contributed by atoms with Crippen LogP contribution < -0.4 is 16.0 Å². The van der Waals surface area contributed by atoms with E-state index in [0.29, 0.717) is 28.2 Å². The number of para-hydroxylation sites is 1. The van der Waals surface area contributed by atoms with Gasteiger partial charge in [-0.1, -0.05) is 79.7 Å². The average Bonchev–Trinajstić information content (AvgIpc) is 3.77. The maximum absolute atomic E-state index is 13.8. The molecule has 0 radical (unpaired) electrons. The number of aromatic nitrogens is 1. The lowest BCUT2D eigenvalue weighted by Gasteiger charge is -2.26. The summed E-state index contributed by atoms with van der Waals surface area (Å²) in [7, 11) is 0. The maximum Gasteiger partial charge on any atom is 0.272 e. The number of H-pyrrole nitrogens is 1. The summed E-state index contributed by atoms with van der Waals surface area (Å²) < 4.78 is 0. The van der Waals surface area contributed by atoms with Gasteiger partial charge < -0.3 is 20.9 Å². The first-order valence-corrected chi connectivity index (χ1v) is 19.4. The number of fused-ring (bicyclic) bond motifs is 2. The molecular weight excluding hydrogens is 713 g/mol. The third kappa shape index (κ3) is 8.48. The number of thiophene rings is 1. The minimum Gasteiger partial charge on any atom is -0.361 e. The molecule has 0 fully saturated rings. The molecule has 0 bridgehead atoms. The van der Waals surface area contributed by atoms with E-state index in [0.717, 1.165) is 57.9 Å². The van der Waals surface area contributed by atoms with E-state index in [-0.39, 0.29) is 11.6 Å². The summed E-state index contributed by atoms with van der Waals surface area (Å²) >= 11 is 2.88. The van der Waals surface area contributed by atoms with Gasteiger partial charge in [-0.2, -0.15) is 5.26 Å². The van der Waals surface area contributed by atoms with Crippen molar-refractivity contribution in [3.63, 3.8) is 0 Å². The Morgan fingerprint density at radius 2 is 1.72 bits per heavy atom. The van der Waals surface area contributed by atoms with Gasteiger partial charge in [0, 0.05) is 63.3 Å². The Kier molecular flexibility index (Phi) is 11.3. The summed E-state index contributed by atoms with van der Waals surface area (Å²) in [5, 5.41) is 20.0. The number of nitriles is 1. The van der Waals surface area contributed by atoms with Crippen molar-refractivity contribution in [1.29, 1.82) is 5.26 Å². The third-order valence-corrected chi connectivity index (χ3v) is 11.7. The number of carbonyl (C=O) groups is 3. The van der Waals surface area contributed by atoms with Crippen LogP contribution in [-0.4, -0.2) is 39.4 Å². The minimum atomic E-state index is -0.496. The lowest BCUT2D eigenvalue weighted by Crippen LogP contribution is -2.30. The fraction of sp³-hybridized carbons (Fsp3) is 0.163. The van der Waals surface area contributed by atoms with Crippen molar-refractivity contribution in [3.8, 4) is 6.07 Å². The number of amides is 3. The Balaban J connectivity index is 1.04. The fourth-order valence-corrected chi connectivity index (χ4v) is 8.73. The molecule has 54 heavy (non-hydrogen) atoms. The molecule has 1 aliphatic rings.